The van der Waals surface area contributed by atoms with Crippen molar-refractivity contribution in [3.05, 3.63) is 87.4 Å². The Bertz CT molecular complexity index is 1480. The van der Waals surface area contributed by atoms with Crippen LogP contribution in [0.1, 0.15) is 31.9 Å². The molecule has 0 heterocycles. The molecule has 0 radical (unpaired) electrons. The van der Waals surface area contributed by atoms with E-state index in [2.05, 4.69) is 21.2 Å². The number of nitrogens with one attached hydrogen (secondary N) is 1. The van der Waals surface area contributed by atoms with Crippen molar-refractivity contribution in [2.75, 3.05) is 24.5 Å². The maximum atomic E-state index is 14.0. The lowest BCUT2D eigenvalue weighted by molar-refractivity contribution is -0.139. The molecule has 0 aromatic heterocycles. The Kier molecular flexibility index (Phi) is 11.2. The second-order valence-corrected chi connectivity index (χ2v) is 13.3. The first-order valence-corrected chi connectivity index (χ1v) is 15.7. The van der Waals surface area contributed by atoms with Crippen LogP contribution in [0.5, 0.6) is 5.75 Å². The summed E-state index contributed by atoms with van der Waals surface area (Å²) in [6.07, 6.45) is 0. The fraction of sp³-hybridized carbons (Fsp3) is 0.333. The average molecular weight is 665 g/mol. The van der Waals surface area contributed by atoms with E-state index < -0.39 is 28.5 Å². The van der Waals surface area contributed by atoms with E-state index in [0.717, 1.165) is 9.87 Å². The van der Waals surface area contributed by atoms with E-state index in [1.165, 1.54) is 24.1 Å². The number of halogens is 2. The van der Waals surface area contributed by atoms with Crippen molar-refractivity contribution < 1.29 is 22.7 Å². The zero-order valence-electron chi connectivity index (χ0n) is 23.7. The molecule has 220 valence electrons. The number of benzene rings is 3. The van der Waals surface area contributed by atoms with Gasteiger partial charge in [-0.25, -0.2) is 8.42 Å². The van der Waals surface area contributed by atoms with Gasteiger partial charge in [-0.15, -0.1) is 0 Å². The summed E-state index contributed by atoms with van der Waals surface area (Å²) in [6, 6.07) is 17.4. The minimum atomic E-state index is -4.21. The number of sulfonamides is 1. The van der Waals surface area contributed by atoms with Gasteiger partial charge in [-0.3, -0.25) is 13.9 Å². The molecule has 1 atom stereocenters. The molecule has 0 spiro atoms. The Hall–Kier alpha value is -3.08. The Morgan fingerprint density at radius 3 is 2.29 bits per heavy atom. The van der Waals surface area contributed by atoms with Crippen molar-refractivity contribution in [2.45, 2.75) is 45.2 Å². The number of rotatable bonds is 12. The minimum Gasteiger partial charge on any atom is -0.496 e. The first-order chi connectivity index (χ1) is 19.3. The minimum absolute atomic E-state index is 0.0253. The monoisotopic (exact) mass is 663 g/mol. The van der Waals surface area contributed by atoms with Crippen LogP contribution in [0.3, 0.4) is 0 Å². The van der Waals surface area contributed by atoms with Crippen molar-refractivity contribution in [3.8, 4) is 5.75 Å². The van der Waals surface area contributed by atoms with Gasteiger partial charge in [0.05, 0.1) is 22.2 Å². The highest BCUT2D eigenvalue weighted by molar-refractivity contribution is 9.10. The standard InChI is InChI=1S/C30H35BrClN3O5S/c1-20(2)17-33-30(37)22(4)34(18-23-7-6-8-24(32)15-23)29(36)19-35(25-11-9-21(3)10-12-25)41(38,39)26-13-14-28(40-5)27(31)16-26/h6-16,20,22H,17-19H2,1-5H3,(H,33,37)/t22-/m0/s1. The van der Waals surface area contributed by atoms with Crippen molar-refractivity contribution in [1.82, 2.24) is 10.2 Å². The molecule has 3 rings (SSSR count). The Morgan fingerprint density at radius 2 is 1.71 bits per heavy atom. The summed E-state index contributed by atoms with van der Waals surface area (Å²) in [6.45, 7) is 7.44. The second-order valence-electron chi connectivity index (χ2n) is 10.1. The molecule has 0 aliphatic heterocycles. The first-order valence-electron chi connectivity index (χ1n) is 13.1. The van der Waals surface area contributed by atoms with E-state index >= 15 is 0 Å². The number of methoxy groups -OCH3 is 1. The van der Waals surface area contributed by atoms with E-state index in [0.29, 0.717) is 33.0 Å². The summed E-state index contributed by atoms with van der Waals surface area (Å²) in [4.78, 5) is 28.4. The molecule has 11 heteroatoms. The van der Waals surface area contributed by atoms with Crippen LogP contribution in [0, 0.1) is 12.8 Å². The number of aryl methyl sites for hydroxylation is 1. The number of carbonyl (C=O) groups excluding carboxylic acids is 2. The molecule has 41 heavy (non-hydrogen) atoms. The molecule has 0 unspecified atom stereocenters. The largest absolute Gasteiger partial charge is 0.496 e. The zero-order chi connectivity index (χ0) is 30.3. The van der Waals surface area contributed by atoms with Crippen molar-refractivity contribution >= 4 is 55.1 Å². The van der Waals surface area contributed by atoms with Gasteiger partial charge in [-0.2, -0.15) is 0 Å². The van der Waals surface area contributed by atoms with E-state index in [1.54, 1.807) is 61.5 Å². The summed E-state index contributed by atoms with van der Waals surface area (Å²) in [5.74, 6) is -0.197. The molecule has 8 nitrogen and oxygen atoms in total. The van der Waals surface area contributed by atoms with Crippen molar-refractivity contribution in [2.24, 2.45) is 5.92 Å². The van der Waals surface area contributed by atoms with Gasteiger partial charge in [0.15, 0.2) is 0 Å². The third-order valence-electron chi connectivity index (χ3n) is 6.41. The zero-order valence-corrected chi connectivity index (χ0v) is 26.9. The number of anilines is 1. The Balaban J connectivity index is 2.04. The summed E-state index contributed by atoms with van der Waals surface area (Å²) in [5, 5.41) is 3.36. The fourth-order valence-electron chi connectivity index (χ4n) is 4.04. The van der Waals surface area contributed by atoms with Crippen molar-refractivity contribution in [1.29, 1.82) is 0 Å². The van der Waals surface area contributed by atoms with E-state index in [-0.39, 0.29) is 23.3 Å². The molecule has 0 saturated carbocycles. The highest BCUT2D eigenvalue weighted by Crippen LogP contribution is 2.31. The number of hydrogen-bond acceptors (Lipinski definition) is 5. The highest BCUT2D eigenvalue weighted by atomic mass is 79.9. The Labute approximate surface area is 255 Å². The van der Waals surface area contributed by atoms with Gasteiger partial charge in [0.1, 0.15) is 18.3 Å². The van der Waals surface area contributed by atoms with Gasteiger partial charge < -0.3 is 15.0 Å². The molecule has 0 saturated heterocycles. The lowest BCUT2D eigenvalue weighted by Crippen LogP contribution is -2.51. The number of amides is 2. The SMILES string of the molecule is COc1ccc(S(=O)(=O)N(CC(=O)N(Cc2cccc(Cl)c2)[C@@H](C)C(=O)NCC(C)C)c2ccc(C)cc2)cc1Br. The van der Waals surface area contributed by atoms with E-state index in [4.69, 9.17) is 16.3 Å². The number of carbonyl (C=O) groups is 2. The molecule has 1 N–H and O–H groups in total. The van der Waals surface area contributed by atoms with Crippen LogP contribution in [0.2, 0.25) is 5.02 Å². The molecule has 0 aliphatic rings. The summed E-state index contributed by atoms with van der Waals surface area (Å²) in [5.41, 5.74) is 1.95. The van der Waals surface area contributed by atoms with E-state index in [9.17, 15) is 18.0 Å². The molecular weight excluding hydrogens is 630 g/mol. The molecule has 2 amide bonds. The van der Waals surface area contributed by atoms with Crippen LogP contribution in [0.15, 0.2) is 76.1 Å². The van der Waals surface area contributed by atoms with Crippen molar-refractivity contribution in [3.63, 3.8) is 0 Å². The van der Waals surface area contributed by atoms with Crippen LogP contribution in [0.4, 0.5) is 5.69 Å². The first kappa shape index (κ1) is 32.4. The quantitative estimate of drug-likeness (QED) is 0.264. The number of ether oxygens (including phenoxy) is 1. The summed E-state index contributed by atoms with van der Waals surface area (Å²) >= 11 is 9.54. The van der Waals surface area contributed by atoms with Gasteiger partial charge in [-0.1, -0.05) is 55.3 Å². The highest BCUT2D eigenvalue weighted by Gasteiger charge is 2.33. The molecular formula is C30H35BrClN3O5S. The topological polar surface area (TPSA) is 96.0 Å². The van der Waals surface area contributed by atoms with E-state index in [1.807, 2.05) is 20.8 Å². The molecule has 3 aromatic carbocycles. The Morgan fingerprint density at radius 1 is 1.02 bits per heavy atom. The third kappa shape index (κ3) is 8.47. The van der Waals surface area contributed by atoms with Gasteiger partial charge in [0, 0.05) is 18.1 Å². The lowest BCUT2D eigenvalue weighted by Gasteiger charge is -2.32. The van der Waals surface area contributed by atoms with Gasteiger partial charge in [0.25, 0.3) is 10.0 Å². The molecule has 0 aliphatic carbocycles. The second kappa shape index (κ2) is 14.2. The third-order valence-corrected chi connectivity index (χ3v) is 9.03. The summed E-state index contributed by atoms with van der Waals surface area (Å²) in [7, 11) is -2.73. The molecule has 3 aromatic rings. The lowest BCUT2D eigenvalue weighted by atomic mass is 10.1. The maximum Gasteiger partial charge on any atom is 0.264 e. The predicted octanol–water partition coefficient (Wildman–Crippen LogP) is 5.80. The van der Waals surface area contributed by atoms with Gasteiger partial charge >= 0.3 is 0 Å². The fourth-order valence-corrected chi connectivity index (χ4v) is 6.39. The van der Waals surface area contributed by atoms with Crippen LogP contribution < -0.4 is 14.4 Å². The van der Waals surface area contributed by atoms with Crippen LogP contribution >= 0.6 is 27.5 Å². The number of hydrogen-bond donors (Lipinski definition) is 1. The molecule has 0 bridgehead atoms. The maximum absolute atomic E-state index is 14.0. The van der Waals surface area contributed by atoms with Gasteiger partial charge in [0.2, 0.25) is 11.8 Å². The van der Waals surface area contributed by atoms with Crippen LogP contribution in [-0.2, 0) is 26.2 Å². The normalized spacial score (nSPS) is 12.1. The van der Waals surface area contributed by atoms with Gasteiger partial charge in [-0.05, 0) is 83.7 Å². The smallest absolute Gasteiger partial charge is 0.264 e. The predicted molar refractivity (Wildman–Crippen MR) is 166 cm³/mol. The summed E-state index contributed by atoms with van der Waals surface area (Å²) < 4.78 is 34.8. The van der Waals surface area contributed by atoms with Crippen LogP contribution in [-0.4, -0.2) is 51.4 Å². The number of nitrogens with zero attached hydrogens (tertiary/aromatic N) is 2. The average Bonchev–Trinajstić information content (AvgIpc) is 2.93. The molecule has 0 fully saturated rings. The van der Waals surface area contributed by atoms with Crippen LogP contribution in [0.25, 0.3) is 0 Å².